The fourth-order valence-electron chi connectivity index (χ4n) is 2.90. The number of para-hydroxylation sites is 3. The topological polar surface area (TPSA) is 56.4 Å². The fraction of sp³-hybridized carbons (Fsp3) is 0.316. The third kappa shape index (κ3) is 3.58. The largest absolute Gasteiger partial charge is 0.488 e. The molecule has 1 aromatic heterocycles. The molecule has 132 valence electrons. The Kier molecular flexibility index (Phi) is 5.19. The lowest BCUT2D eigenvalue weighted by Crippen LogP contribution is -2.31. The van der Waals surface area contributed by atoms with Crippen molar-refractivity contribution in [2.24, 2.45) is 0 Å². The first-order chi connectivity index (χ1) is 12.1. The molecule has 0 saturated carbocycles. The van der Waals surface area contributed by atoms with E-state index in [1.165, 1.54) is 12.1 Å². The van der Waals surface area contributed by atoms with E-state index in [-0.39, 0.29) is 24.6 Å². The van der Waals surface area contributed by atoms with Crippen LogP contribution in [0, 0.1) is 5.82 Å². The second-order valence-electron chi connectivity index (χ2n) is 5.93. The lowest BCUT2D eigenvalue weighted by Gasteiger charge is -2.13. The van der Waals surface area contributed by atoms with E-state index in [4.69, 9.17) is 4.74 Å². The molecular formula is C19H21FN2O3. The summed E-state index contributed by atoms with van der Waals surface area (Å²) in [5, 5.41) is 10.3. The van der Waals surface area contributed by atoms with Gasteiger partial charge in [-0.25, -0.2) is 9.18 Å². The van der Waals surface area contributed by atoms with Crippen molar-refractivity contribution in [1.29, 1.82) is 0 Å². The second kappa shape index (κ2) is 7.53. The minimum absolute atomic E-state index is 0.0855. The van der Waals surface area contributed by atoms with E-state index < -0.39 is 11.9 Å². The number of hydrogen-bond donors (Lipinski definition) is 1. The van der Waals surface area contributed by atoms with E-state index >= 15 is 0 Å². The summed E-state index contributed by atoms with van der Waals surface area (Å²) >= 11 is 0. The summed E-state index contributed by atoms with van der Waals surface area (Å²) in [5.41, 5.74) is 1.45. The Labute approximate surface area is 144 Å². The Hall–Kier alpha value is -2.60. The van der Waals surface area contributed by atoms with E-state index in [1.54, 1.807) is 21.3 Å². The highest BCUT2D eigenvalue weighted by molar-refractivity contribution is 5.76. The molecule has 0 aliphatic rings. The molecule has 0 aliphatic heterocycles. The molecule has 1 atom stereocenters. The van der Waals surface area contributed by atoms with E-state index in [1.807, 2.05) is 31.2 Å². The van der Waals surface area contributed by atoms with Crippen LogP contribution in [0.3, 0.4) is 0 Å². The van der Waals surface area contributed by atoms with Crippen LogP contribution in [0.25, 0.3) is 11.0 Å². The second-order valence-corrected chi connectivity index (χ2v) is 5.93. The summed E-state index contributed by atoms with van der Waals surface area (Å²) in [4.78, 5) is 12.7. The fourth-order valence-corrected chi connectivity index (χ4v) is 2.90. The van der Waals surface area contributed by atoms with Crippen molar-refractivity contribution in [1.82, 2.24) is 9.13 Å². The van der Waals surface area contributed by atoms with Gasteiger partial charge in [-0.3, -0.25) is 9.13 Å². The van der Waals surface area contributed by atoms with Gasteiger partial charge in [0.25, 0.3) is 0 Å². The van der Waals surface area contributed by atoms with Crippen LogP contribution in [-0.2, 0) is 13.1 Å². The zero-order valence-corrected chi connectivity index (χ0v) is 14.1. The van der Waals surface area contributed by atoms with Gasteiger partial charge in [-0.05, 0) is 30.7 Å². The number of halogens is 1. The number of benzene rings is 2. The van der Waals surface area contributed by atoms with Crippen molar-refractivity contribution in [3.05, 3.63) is 64.8 Å². The number of aromatic nitrogens is 2. The third-order valence-electron chi connectivity index (χ3n) is 4.03. The Morgan fingerprint density at radius 3 is 2.40 bits per heavy atom. The normalized spacial score (nSPS) is 12.4. The Morgan fingerprint density at radius 1 is 1.08 bits per heavy atom. The quantitative estimate of drug-likeness (QED) is 0.717. The molecule has 1 N–H and O–H groups in total. The molecule has 0 saturated heterocycles. The van der Waals surface area contributed by atoms with E-state index in [0.717, 1.165) is 17.5 Å². The lowest BCUT2D eigenvalue weighted by molar-refractivity contribution is 0.0904. The summed E-state index contributed by atoms with van der Waals surface area (Å²) < 4.78 is 22.1. The van der Waals surface area contributed by atoms with Crippen molar-refractivity contribution in [3.8, 4) is 5.75 Å². The van der Waals surface area contributed by atoms with Crippen molar-refractivity contribution in [3.63, 3.8) is 0 Å². The predicted molar refractivity (Wildman–Crippen MR) is 94.4 cm³/mol. The van der Waals surface area contributed by atoms with Crippen LogP contribution in [0.15, 0.2) is 53.3 Å². The molecule has 3 aromatic rings. The number of aryl methyl sites for hydroxylation is 1. The minimum atomic E-state index is -0.932. The highest BCUT2D eigenvalue weighted by Crippen LogP contribution is 2.17. The molecule has 5 nitrogen and oxygen atoms in total. The van der Waals surface area contributed by atoms with Gasteiger partial charge in [0.1, 0.15) is 12.7 Å². The van der Waals surface area contributed by atoms with Crippen molar-refractivity contribution >= 4 is 11.0 Å². The van der Waals surface area contributed by atoms with Crippen LogP contribution >= 0.6 is 0 Å². The van der Waals surface area contributed by atoms with Gasteiger partial charge in [-0.15, -0.1) is 0 Å². The van der Waals surface area contributed by atoms with Gasteiger partial charge in [-0.1, -0.05) is 31.2 Å². The average molecular weight is 344 g/mol. The number of nitrogens with zero attached hydrogens (tertiary/aromatic N) is 2. The summed E-state index contributed by atoms with van der Waals surface area (Å²) in [5.74, 6) is -0.395. The first-order valence-corrected chi connectivity index (χ1v) is 8.35. The number of fused-ring (bicyclic) bond motifs is 1. The predicted octanol–water partition coefficient (Wildman–Crippen LogP) is 2.79. The van der Waals surface area contributed by atoms with Crippen LogP contribution in [-0.4, -0.2) is 27.0 Å². The van der Waals surface area contributed by atoms with Gasteiger partial charge < -0.3 is 9.84 Å². The van der Waals surface area contributed by atoms with Gasteiger partial charge in [0.05, 0.1) is 17.6 Å². The van der Waals surface area contributed by atoms with Crippen LogP contribution in [0.5, 0.6) is 5.75 Å². The number of imidazole rings is 1. The van der Waals surface area contributed by atoms with Crippen LogP contribution in [0.4, 0.5) is 4.39 Å². The highest BCUT2D eigenvalue weighted by Gasteiger charge is 2.16. The first-order valence-electron chi connectivity index (χ1n) is 8.35. The zero-order chi connectivity index (χ0) is 17.8. The maximum atomic E-state index is 13.6. The van der Waals surface area contributed by atoms with E-state index in [9.17, 15) is 14.3 Å². The maximum Gasteiger partial charge on any atom is 0.329 e. The van der Waals surface area contributed by atoms with Gasteiger partial charge in [0.15, 0.2) is 11.6 Å². The molecule has 3 rings (SSSR count). The van der Waals surface area contributed by atoms with Crippen LogP contribution in [0.2, 0.25) is 0 Å². The number of aliphatic hydroxyl groups is 1. The van der Waals surface area contributed by atoms with Crippen LogP contribution < -0.4 is 10.4 Å². The van der Waals surface area contributed by atoms with Crippen LogP contribution in [0.1, 0.15) is 13.3 Å². The van der Waals surface area contributed by atoms with E-state index in [2.05, 4.69) is 0 Å². The van der Waals surface area contributed by atoms with Gasteiger partial charge in [0, 0.05) is 6.54 Å². The average Bonchev–Trinajstić information content (AvgIpc) is 2.87. The van der Waals surface area contributed by atoms with Gasteiger partial charge in [0.2, 0.25) is 0 Å². The van der Waals surface area contributed by atoms with E-state index in [0.29, 0.717) is 6.54 Å². The number of aliphatic hydroxyl groups excluding tert-OH is 1. The molecule has 0 radical (unpaired) electrons. The summed E-state index contributed by atoms with van der Waals surface area (Å²) in [6.45, 7) is 2.62. The number of ether oxygens (including phenoxy) is 1. The molecule has 2 aromatic carbocycles. The summed E-state index contributed by atoms with van der Waals surface area (Å²) in [6, 6.07) is 13.5. The van der Waals surface area contributed by atoms with Gasteiger partial charge >= 0.3 is 5.69 Å². The Balaban J connectivity index is 1.79. The van der Waals surface area contributed by atoms with Gasteiger partial charge in [-0.2, -0.15) is 0 Å². The highest BCUT2D eigenvalue weighted by atomic mass is 19.1. The molecule has 25 heavy (non-hydrogen) atoms. The summed E-state index contributed by atoms with van der Waals surface area (Å²) in [7, 11) is 0. The first kappa shape index (κ1) is 17.2. The van der Waals surface area contributed by atoms with Crippen molar-refractivity contribution in [2.45, 2.75) is 32.5 Å². The molecule has 0 aliphatic carbocycles. The molecule has 0 spiro atoms. The minimum Gasteiger partial charge on any atom is -0.488 e. The molecule has 6 heteroatoms. The number of rotatable bonds is 7. The van der Waals surface area contributed by atoms with Crippen molar-refractivity contribution < 1.29 is 14.2 Å². The number of hydrogen-bond acceptors (Lipinski definition) is 3. The lowest BCUT2D eigenvalue weighted by atomic mass is 10.3. The Bertz CT molecular complexity index is 916. The monoisotopic (exact) mass is 344 g/mol. The van der Waals surface area contributed by atoms with Crippen molar-refractivity contribution in [2.75, 3.05) is 6.61 Å². The molecule has 1 unspecified atom stereocenters. The molecule has 0 amide bonds. The molecule has 0 fully saturated rings. The molecular weight excluding hydrogens is 323 g/mol. The smallest absolute Gasteiger partial charge is 0.329 e. The zero-order valence-electron chi connectivity index (χ0n) is 14.1. The molecule has 1 heterocycles. The summed E-state index contributed by atoms with van der Waals surface area (Å²) in [6.07, 6.45) is -0.0921. The SMILES string of the molecule is CCCn1c(=O)n(CC(O)COc2ccccc2F)c2ccccc21. The maximum absolute atomic E-state index is 13.6. The Morgan fingerprint density at radius 2 is 1.72 bits per heavy atom. The standard InChI is InChI=1S/C19H21FN2O3/c1-2-11-21-16-8-4-5-9-17(16)22(19(21)24)12-14(23)13-25-18-10-6-3-7-15(18)20/h3-10,14,23H,2,11-13H2,1H3. The molecule has 0 bridgehead atoms. The third-order valence-corrected chi connectivity index (χ3v) is 4.03.